The van der Waals surface area contributed by atoms with Gasteiger partial charge in [0.1, 0.15) is 0 Å². The van der Waals surface area contributed by atoms with Crippen LogP contribution in [0.2, 0.25) is 0 Å². The summed E-state index contributed by atoms with van der Waals surface area (Å²) >= 11 is 0. The summed E-state index contributed by atoms with van der Waals surface area (Å²) in [4.78, 5) is 41.9. The molecule has 0 aromatic heterocycles. The van der Waals surface area contributed by atoms with Gasteiger partial charge in [0, 0.05) is 12.2 Å². The third-order valence-corrected chi connectivity index (χ3v) is 7.02. The van der Waals surface area contributed by atoms with Crippen LogP contribution >= 0.6 is 0 Å². The van der Waals surface area contributed by atoms with Gasteiger partial charge in [-0.2, -0.15) is 0 Å². The lowest BCUT2D eigenvalue weighted by Crippen LogP contribution is -2.48. The van der Waals surface area contributed by atoms with Crippen molar-refractivity contribution in [2.75, 3.05) is 18.5 Å². The van der Waals surface area contributed by atoms with E-state index < -0.39 is 12.0 Å². The molecule has 0 saturated carbocycles. The number of hydrogen-bond donors (Lipinski definition) is 2. The number of carbonyl (C=O) groups is 3. The van der Waals surface area contributed by atoms with E-state index in [0.29, 0.717) is 35.5 Å². The van der Waals surface area contributed by atoms with E-state index in [9.17, 15) is 14.4 Å². The minimum Gasteiger partial charge on any atom is -0.463 e. The van der Waals surface area contributed by atoms with Crippen LogP contribution < -0.4 is 10.6 Å². The second-order valence-electron chi connectivity index (χ2n) is 9.72. The quantitative estimate of drug-likeness (QED) is 0.267. The molecule has 7 nitrogen and oxygen atoms in total. The molecule has 1 heterocycles. The standard InChI is InChI=1S/C33H37N3O4/c1-4-7-21-36-30(24-17-12-9-13-18-24)28(32(38)40-6-3)29(35-33(36)39)25-19-14-20-26(22-25)34-31(37)27(5-2)23-15-10-8-11-16-23/h8-20,22,27,29H,4-7,21H2,1-3H3,(H,34,37)(H,35,39)/t27-,29-/m0/s1. The predicted octanol–water partition coefficient (Wildman–Crippen LogP) is 6.66. The van der Waals surface area contributed by atoms with Gasteiger partial charge in [-0.3, -0.25) is 9.69 Å². The highest BCUT2D eigenvalue weighted by molar-refractivity contribution is 6.05. The van der Waals surface area contributed by atoms with Gasteiger partial charge in [-0.05, 0) is 48.6 Å². The first-order valence-corrected chi connectivity index (χ1v) is 14.0. The van der Waals surface area contributed by atoms with Crippen molar-refractivity contribution in [3.63, 3.8) is 0 Å². The van der Waals surface area contributed by atoms with Gasteiger partial charge in [0.2, 0.25) is 5.91 Å². The fourth-order valence-corrected chi connectivity index (χ4v) is 5.05. The van der Waals surface area contributed by atoms with Gasteiger partial charge in [0.05, 0.1) is 29.8 Å². The third-order valence-electron chi connectivity index (χ3n) is 7.02. The van der Waals surface area contributed by atoms with Gasteiger partial charge < -0.3 is 15.4 Å². The molecule has 3 amide bonds. The number of anilines is 1. The Balaban J connectivity index is 1.75. The summed E-state index contributed by atoms with van der Waals surface area (Å²) in [5.74, 6) is -0.904. The molecule has 208 valence electrons. The van der Waals surface area contributed by atoms with Crippen molar-refractivity contribution < 1.29 is 19.1 Å². The Hall–Kier alpha value is -4.39. The van der Waals surface area contributed by atoms with E-state index >= 15 is 0 Å². The molecule has 2 N–H and O–H groups in total. The molecule has 0 fully saturated rings. The van der Waals surface area contributed by atoms with Crippen LogP contribution in [0, 0.1) is 0 Å². The Labute approximate surface area is 236 Å². The number of nitrogens with one attached hydrogen (secondary N) is 2. The number of urea groups is 1. The number of nitrogens with zero attached hydrogens (tertiary/aromatic N) is 1. The number of carbonyl (C=O) groups excluding carboxylic acids is 3. The third kappa shape index (κ3) is 6.42. The lowest BCUT2D eigenvalue weighted by Gasteiger charge is -2.37. The lowest BCUT2D eigenvalue weighted by atomic mass is 9.91. The summed E-state index contributed by atoms with van der Waals surface area (Å²) in [6.45, 7) is 6.48. The maximum absolute atomic E-state index is 13.5. The van der Waals surface area contributed by atoms with Gasteiger partial charge in [-0.1, -0.05) is 93.1 Å². The average molecular weight is 540 g/mol. The molecule has 7 heteroatoms. The zero-order valence-corrected chi connectivity index (χ0v) is 23.4. The molecule has 0 aliphatic carbocycles. The summed E-state index contributed by atoms with van der Waals surface area (Å²) in [5, 5.41) is 6.07. The van der Waals surface area contributed by atoms with Crippen LogP contribution in [0.5, 0.6) is 0 Å². The predicted molar refractivity (Wildman–Crippen MR) is 157 cm³/mol. The first kappa shape index (κ1) is 28.6. The van der Waals surface area contributed by atoms with Crippen molar-refractivity contribution in [3.05, 3.63) is 107 Å². The minimum atomic E-state index is -0.757. The zero-order chi connectivity index (χ0) is 28.5. The molecule has 3 aromatic rings. The summed E-state index contributed by atoms with van der Waals surface area (Å²) in [5.41, 5.74) is 3.88. The van der Waals surface area contributed by atoms with E-state index in [1.807, 2.05) is 91.9 Å². The van der Waals surface area contributed by atoms with Crippen molar-refractivity contribution in [2.24, 2.45) is 0 Å². The molecule has 1 aliphatic rings. The van der Waals surface area contributed by atoms with Crippen LogP contribution in [0.4, 0.5) is 10.5 Å². The topological polar surface area (TPSA) is 87.7 Å². The summed E-state index contributed by atoms with van der Waals surface area (Å²) < 4.78 is 5.52. The first-order chi connectivity index (χ1) is 19.5. The molecule has 4 rings (SSSR count). The molecule has 0 spiro atoms. The Morgan fingerprint density at radius 3 is 2.30 bits per heavy atom. The molecule has 2 atom stereocenters. The normalized spacial score (nSPS) is 15.8. The van der Waals surface area contributed by atoms with Gasteiger partial charge in [0.25, 0.3) is 0 Å². The van der Waals surface area contributed by atoms with Crippen LogP contribution in [0.3, 0.4) is 0 Å². The molecule has 0 bridgehead atoms. The van der Waals surface area contributed by atoms with Crippen LogP contribution in [0.25, 0.3) is 5.70 Å². The van der Waals surface area contributed by atoms with Crippen LogP contribution in [0.1, 0.15) is 68.7 Å². The van der Waals surface area contributed by atoms with E-state index in [1.54, 1.807) is 11.8 Å². The largest absolute Gasteiger partial charge is 0.463 e. The maximum Gasteiger partial charge on any atom is 0.338 e. The highest BCUT2D eigenvalue weighted by Gasteiger charge is 2.38. The summed E-state index contributed by atoms with van der Waals surface area (Å²) in [6, 6.07) is 25.4. The summed E-state index contributed by atoms with van der Waals surface area (Å²) in [7, 11) is 0. The highest BCUT2D eigenvalue weighted by Crippen LogP contribution is 2.37. The fraction of sp³-hybridized carbons (Fsp3) is 0.303. The number of ether oxygens (including phenoxy) is 1. The monoisotopic (exact) mass is 539 g/mol. The first-order valence-electron chi connectivity index (χ1n) is 14.0. The van der Waals surface area contributed by atoms with Crippen molar-refractivity contribution in [1.82, 2.24) is 10.2 Å². The van der Waals surface area contributed by atoms with Crippen molar-refractivity contribution in [2.45, 2.75) is 52.0 Å². The number of hydrogen-bond acceptors (Lipinski definition) is 4. The van der Waals surface area contributed by atoms with E-state index in [0.717, 1.165) is 24.0 Å². The second-order valence-corrected chi connectivity index (χ2v) is 9.72. The Kier molecular flexibility index (Phi) is 9.73. The molecule has 0 saturated heterocycles. The van der Waals surface area contributed by atoms with E-state index in [4.69, 9.17) is 4.74 Å². The van der Waals surface area contributed by atoms with E-state index in [-0.39, 0.29) is 24.5 Å². The van der Waals surface area contributed by atoms with Crippen LogP contribution in [-0.2, 0) is 14.3 Å². The zero-order valence-electron chi connectivity index (χ0n) is 23.4. The fourth-order valence-electron chi connectivity index (χ4n) is 5.05. The number of amides is 3. The van der Waals surface area contributed by atoms with Gasteiger partial charge in [-0.15, -0.1) is 0 Å². The molecular weight excluding hydrogens is 502 g/mol. The van der Waals surface area contributed by atoms with Crippen LogP contribution in [0.15, 0.2) is 90.5 Å². The molecule has 3 aromatic carbocycles. The number of unbranched alkanes of at least 4 members (excludes halogenated alkanes) is 1. The van der Waals surface area contributed by atoms with Crippen molar-refractivity contribution in [1.29, 1.82) is 0 Å². The summed E-state index contributed by atoms with van der Waals surface area (Å²) in [6.07, 6.45) is 2.33. The van der Waals surface area contributed by atoms with E-state index in [2.05, 4.69) is 17.6 Å². The number of benzene rings is 3. The molecule has 0 unspecified atom stereocenters. The van der Waals surface area contributed by atoms with Crippen molar-refractivity contribution in [3.8, 4) is 0 Å². The Morgan fingerprint density at radius 1 is 0.950 bits per heavy atom. The number of rotatable bonds is 11. The molecular formula is C33H37N3O4. The highest BCUT2D eigenvalue weighted by atomic mass is 16.5. The lowest BCUT2D eigenvalue weighted by molar-refractivity contribution is -0.139. The number of esters is 1. The molecule has 0 radical (unpaired) electrons. The Morgan fingerprint density at radius 2 is 1.65 bits per heavy atom. The molecule has 40 heavy (non-hydrogen) atoms. The van der Waals surface area contributed by atoms with Crippen LogP contribution in [-0.4, -0.2) is 36.0 Å². The average Bonchev–Trinajstić information content (AvgIpc) is 2.97. The van der Waals surface area contributed by atoms with Gasteiger partial charge in [-0.25, -0.2) is 9.59 Å². The van der Waals surface area contributed by atoms with Gasteiger partial charge >= 0.3 is 12.0 Å². The maximum atomic E-state index is 13.5. The SMILES string of the molecule is CCCCN1C(=O)N[C@@H](c2cccc(NC(=O)[C@@H](CC)c3ccccc3)c2)C(C(=O)OCC)=C1c1ccccc1. The minimum absolute atomic E-state index is 0.115. The van der Waals surface area contributed by atoms with E-state index in [1.165, 1.54) is 0 Å². The van der Waals surface area contributed by atoms with Crippen molar-refractivity contribution >= 4 is 29.3 Å². The second kappa shape index (κ2) is 13.6. The molecule has 1 aliphatic heterocycles. The Bertz CT molecular complexity index is 1350. The smallest absolute Gasteiger partial charge is 0.338 e. The van der Waals surface area contributed by atoms with Gasteiger partial charge in [0.15, 0.2) is 0 Å².